The zero-order valence-corrected chi connectivity index (χ0v) is 20.1. The number of aliphatic imine (C=N–C) groups is 1. The molecule has 6 heteroatoms. The van der Waals surface area contributed by atoms with Gasteiger partial charge in [0, 0.05) is 33.4 Å². The Morgan fingerprint density at radius 1 is 1.13 bits per heavy atom. The summed E-state index contributed by atoms with van der Waals surface area (Å²) in [6.07, 6.45) is 4.38. The van der Waals surface area contributed by atoms with Crippen molar-refractivity contribution >= 4 is 54.9 Å². The predicted octanol–water partition coefficient (Wildman–Crippen LogP) is 6.71. The number of amidine groups is 1. The van der Waals surface area contributed by atoms with Crippen molar-refractivity contribution in [2.75, 3.05) is 18.9 Å². The Kier molecular flexibility index (Phi) is 6.58. The van der Waals surface area contributed by atoms with Gasteiger partial charge in [0.1, 0.15) is 11.5 Å². The predicted molar refractivity (Wildman–Crippen MR) is 135 cm³/mol. The van der Waals surface area contributed by atoms with Crippen molar-refractivity contribution in [1.29, 1.82) is 0 Å². The zero-order chi connectivity index (χ0) is 22.0. The minimum atomic E-state index is -0.0614. The highest BCUT2D eigenvalue weighted by molar-refractivity contribution is 7.30. The standard InChI is InChI=1S/C25H29N3OS2/c1-5-17(11-16(2)3)15-26-23-14-22-21(31-23)13-19(30-22)12-20-25(29)28(4)24(27-20)18-9-7-6-8-10-18/h6-10,12-14,16-17,26H,5,11,15H2,1-4H3/b20-12-. The van der Waals surface area contributed by atoms with Crippen LogP contribution in [0.15, 0.2) is 53.2 Å². The Bertz CT molecular complexity index is 1090. The molecular formula is C25H29N3OS2. The minimum absolute atomic E-state index is 0.0614. The van der Waals surface area contributed by atoms with Gasteiger partial charge in [-0.2, -0.15) is 0 Å². The highest BCUT2D eigenvalue weighted by Gasteiger charge is 2.27. The second kappa shape index (κ2) is 9.37. The molecule has 162 valence electrons. The van der Waals surface area contributed by atoms with E-state index < -0.39 is 0 Å². The Hall–Kier alpha value is -2.44. The lowest BCUT2D eigenvalue weighted by molar-refractivity contribution is -0.121. The first kappa shape index (κ1) is 21.8. The van der Waals surface area contributed by atoms with Gasteiger partial charge in [0.2, 0.25) is 0 Å². The van der Waals surface area contributed by atoms with E-state index >= 15 is 0 Å². The van der Waals surface area contributed by atoms with Crippen LogP contribution in [0.1, 0.15) is 44.1 Å². The first-order chi connectivity index (χ1) is 14.9. The fourth-order valence-corrected chi connectivity index (χ4v) is 6.15. The summed E-state index contributed by atoms with van der Waals surface area (Å²) in [5, 5.41) is 4.86. The summed E-state index contributed by atoms with van der Waals surface area (Å²) >= 11 is 3.49. The lowest BCUT2D eigenvalue weighted by atomic mass is 9.95. The Balaban J connectivity index is 1.49. The van der Waals surface area contributed by atoms with Crippen LogP contribution in [0.4, 0.5) is 5.00 Å². The van der Waals surface area contributed by atoms with Crippen molar-refractivity contribution in [2.45, 2.75) is 33.6 Å². The molecule has 4 rings (SSSR count). The van der Waals surface area contributed by atoms with Crippen molar-refractivity contribution in [3.05, 3.63) is 58.6 Å². The van der Waals surface area contributed by atoms with Gasteiger partial charge >= 0.3 is 0 Å². The van der Waals surface area contributed by atoms with Gasteiger partial charge in [0.15, 0.2) is 0 Å². The molecular weight excluding hydrogens is 422 g/mol. The number of thiophene rings is 2. The van der Waals surface area contributed by atoms with Crippen LogP contribution >= 0.6 is 22.7 Å². The number of fused-ring (bicyclic) bond motifs is 1. The molecule has 3 heterocycles. The third-order valence-electron chi connectivity index (χ3n) is 5.55. The number of carbonyl (C=O) groups excluding carboxylic acids is 1. The third-order valence-corrected chi connectivity index (χ3v) is 7.75. The number of nitrogens with one attached hydrogen (secondary N) is 1. The normalized spacial score (nSPS) is 16.5. The fourth-order valence-electron chi connectivity index (χ4n) is 3.90. The maximum atomic E-state index is 12.7. The lowest BCUT2D eigenvalue weighted by Crippen LogP contribution is -2.28. The average Bonchev–Trinajstić information content (AvgIpc) is 3.39. The quantitative estimate of drug-likeness (QED) is 0.387. The molecule has 0 aliphatic carbocycles. The maximum absolute atomic E-state index is 12.7. The molecule has 0 fully saturated rings. The summed E-state index contributed by atoms with van der Waals surface area (Å²) in [7, 11) is 1.78. The zero-order valence-electron chi connectivity index (χ0n) is 18.5. The molecule has 0 saturated heterocycles. The van der Waals surface area contributed by atoms with E-state index in [1.165, 1.54) is 27.2 Å². The number of anilines is 1. The van der Waals surface area contributed by atoms with E-state index in [0.29, 0.717) is 17.5 Å². The van der Waals surface area contributed by atoms with Gasteiger partial charge in [-0.3, -0.25) is 9.69 Å². The summed E-state index contributed by atoms with van der Waals surface area (Å²) < 4.78 is 2.50. The Morgan fingerprint density at radius 2 is 1.87 bits per heavy atom. The van der Waals surface area contributed by atoms with E-state index in [1.807, 2.05) is 36.4 Å². The van der Waals surface area contributed by atoms with Gasteiger partial charge in [0.05, 0.1) is 5.00 Å². The molecule has 1 amide bonds. The van der Waals surface area contributed by atoms with Gasteiger partial charge in [-0.25, -0.2) is 4.99 Å². The summed E-state index contributed by atoms with van der Waals surface area (Å²) in [5.74, 6) is 2.08. The number of likely N-dealkylation sites (N-methyl/N-ethyl adjacent to an activating group) is 1. The molecule has 1 aliphatic heterocycles. The van der Waals surface area contributed by atoms with Crippen molar-refractivity contribution in [2.24, 2.45) is 16.8 Å². The third kappa shape index (κ3) is 4.91. The molecule has 1 N–H and O–H groups in total. The molecule has 0 bridgehead atoms. The summed E-state index contributed by atoms with van der Waals surface area (Å²) in [4.78, 5) is 20.0. The molecule has 1 aromatic carbocycles. The van der Waals surface area contributed by atoms with Crippen LogP contribution in [-0.4, -0.2) is 30.2 Å². The van der Waals surface area contributed by atoms with Crippen LogP contribution in [0, 0.1) is 11.8 Å². The molecule has 1 unspecified atom stereocenters. The number of nitrogens with zero attached hydrogens (tertiary/aromatic N) is 2. The van der Waals surface area contributed by atoms with E-state index in [-0.39, 0.29) is 5.91 Å². The first-order valence-electron chi connectivity index (χ1n) is 10.9. The Labute approximate surface area is 192 Å². The smallest absolute Gasteiger partial charge is 0.277 e. The number of rotatable bonds is 8. The lowest BCUT2D eigenvalue weighted by Gasteiger charge is -2.17. The van der Waals surface area contributed by atoms with Crippen LogP contribution in [0.3, 0.4) is 0 Å². The van der Waals surface area contributed by atoms with E-state index in [0.717, 1.165) is 22.9 Å². The van der Waals surface area contributed by atoms with Crippen LogP contribution < -0.4 is 5.32 Å². The van der Waals surface area contributed by atoms with Crippen LogP contribution in [0.2, 0.25) is 0 Å². The van der Waals surface area contributed by atoms with Gasteiger partial charge in [-0.1, -0.05) is 57.5 Å². The molecule has 0 radical (unpaired) electrons. The molecule has 3 aromatic rings. The summed E-state index contributed by atoms with van der Waals surface area (Å²) in [5.41, 5.74) is 1.44. The summed E-state index contributed by atoms with van der Waals surface area (Å²) in [6.45, 7) is 7.88. The molecule has 1 atom stereocenters. The highest BCUT2D eigenvalue weighted by atomic mass is 32.1. The number of amides is 1. The maximum Gasteiger partial charge on any atom is 0.277 e. The first-order valence-corrected chi connectivity index (χ1v) is 12.5. The molecule has 1 aliphatic rings. The van der Waals surface area contributed by atoms with Gasteiger partial charge < -0.3 is 5.32 Å². The van der Waals surface area contributed by atoms with Gasteiger partial charge in [-0.05, 0) is 36.5 Å². The minimum Gasteiger partial charge on any atom is -0.377 e. The molecule has 4 nitrogen and oxygen atoms in total. The second-order valence-electron chi connectivity index (χ2n) is 8.47. The van der Waals surface area contributed by atoms with Gasteiger partial charge in [0.25, 0.3) is 5.91 Å². The van der Waals surface area contributed by atoms with Crippen LogP contribution in [0.5, 0.6) is 0 Å². The van der Waals surface area contributed by atoms with E-state index in [1.54, 1.807) is 34.6 Å². The molecule has 0 saturated carbocycles. The van der Waals surface area contributed by atoms with Crippen molar-refractivity contribution < 1.29 is 4.79 Å². The SMILES string of the molecule is CCC(CNc1cc2sc(/C=C3\N=C(c4ccccc4)N(C)C3=O)cc2s1)CC(C)C. The molecule has 0 spiro atoms. The van der Waals surface area contributed by atoms with Gasteiger partial charge in [-0.15, -0.1) is 22.7 Å². The van der Waals surface area contributed by atoms with Crippen LogP contribution in [0.25, 0.3) is 15.5 Å². The van der Waals surface area contributed by atoms with Crippen LogP contribution in [-0.2, 0) is 4.79 Å². The largest absolute Gasteiger partial charge is 0.377 e. The average molecular weight is 452 g/mol. The number of hydrogen-bond donors (Lipinski definition) is 1. The van der Waals surface area contributed by atoms with Crippen molar-refractivity contribution in [1.82, 2.24) is 4.90 Å². The number of benzene rings is 1. The number of hydrogen-bond acceptors (Lipinski definition) is 5. The monoisotopic (exact) mass is 451 g/mol. The van der Waals surface area contributed by atoms with E-state index in [4.69, 9.17) is 0 Å². The highest BCUT2D eigenvalue weighted by Crippen LogP contribution is 2.37. The number of carbonyl (C=O) groups is 1. The van der Waals surface area contributed by atoms with Crippen molar-refractivity contribution in [3.8, 4) is 0 Å². The fraction of sp³-hybridized carbons (Fsp3) is 0.360. The second-order valence-corrected chi connectivity index (χ2v) is 10.7. The molecule has 2 aromatic heterocycles. The molecule has 31 heavy (non-hydrogen) atoms. The van der Waals surface area contributed by atoms with Crippen molar-refractivity contribution in [3.63, 3.8) is 0 Å². The Morgan fingerprint density at radius 3 is 2.55 bits per heavy atom. The van der Waals surface area contributed by atoms with E-state index in [2.05, 4.69) is 43.2 Å². The summed E-state index contributed by atoms with van der Waals surface area (Å²) in [6, 6.07) is 14.2. The topological polar surface area (TPSA) is 44.7 Å². The van der Waals surface area contributed by atoms with E-state index in [9.17, 15) is 4.79 Å².